The van der Waals surface area contributed by atoms with Crippen LogP contribution in [0.15, 0.2) is 101 Å². The van der Waals surface area contributed by atoms with E-state index in [9.17, 15) is 18.0 Å². The first-order valence-electron chi connectivity index (χ1n) is 12.3. The summed E-state index contributed by atoms with van der Waals surface area (Å²) < 4.78 is 33.1. The standard InChI is InChI=1S/C31H25N3O5S/c1-19-13-26(40(37,38)25-8-3-5-22(14-25)21-11-9-20(18-35)10-12-21)16-27-29(19)33-17-28(31(32)36)30(27)34-23-6-4-7-24(15-23)39-2/h3-18H,1-2H3,(H2,32,36)(H,33,34). The number of nitrogens with one attached hydrogen (secondary N) is 1. The molecule has 0 radical (unpaired) electrons. The zero-order chi connectivity index (χ0) is 28.4. The average molecular weight is 552 g/mol. The number of hydrogen-bond donors (Lipinski definition) is 2. The first-order chi connectivity index (χ1) is 19.2. The van der Waals surface area contributed by atoms with E-state index >= 15 is 0 Å². The Hall–Kier alpha value is -5.02. The van der Waals surface area contributed by atoms with Gasteiger partial charge in [-0.15, -0.1) is 0 Å². The number of aryl methyl sites for hydroxylation is 1. The minimum Gasteiger partial charge on any atom is -0.497 e. The van der Waals surface area contributed by atoms with Gasteiger partial charge in [-0.1, -0.05) is 42.5 Å². The molecule has 0 saturated carbocycles. The Labute approximate surface area is 231 Å². The Bertz CT molecular complexity index is 1880. The number of hydrogen-bond acceptors (Lipinski definition) is 7. The van der Waals surface area contributed by atoms with E-state index in [0.717, 1.165) is 11.8 Å². The highest BCUT2D eigenvalue weighted by Gasteiger charge is 2.23. The Morgan fingerprint density at radius 2 is 1.68 bits per heavy atom. The van der Waals surface area contributed by atoms with E-state index in [-0.39, 0.29) is 15.4 Å². The number of carbonyl (C=O) groups excluding carboxylic acids is 2. The van der Waals surface area contributed by atoms with E-state index in [0.29, 0.717) is 44.7 Å². The first-order valence-corrected chi connectivity index (χ1v) is 13.7. The lowest BCUT2D eigenvalue weighted by Crippen LogP contribution is -2.14. The average Bonchev–Trinajstić information content (AvgIpc) is 2.97. The third kappa shape index (κ3) is 5.02. The number of aromatic nitrogens is 1. The van der Waals surface area contributed by atoms with Gasteiger partial charge < -0.3 is 15.8 Å². The van der Waals surface area contributed by atoms with Crippen molar-refractivity contribution in [3.63, 3.8) is 0 Å². The second-order valence-electron chi connectivity index (χ2n) is 9.18. The molecule has 0 atom stereocenters. The Balaban J connectivity index is 1.65. The molecule has 1 aromatic heterocycles. The number of fused-ring (bicyclic) bond motifs is 1. The predicted molar refractivity (Wildman–Crippen MR) is 154 cm³/mol. The highest BCUT2D eigenvalue weighted by molar-refractivity contribution is 7.91. The Morgan fingerprint density at radius 3 is 2.38 bits per heavy atom. The van der Waals surface area contributed by atoms with Crippen LogP contribution in [0.5, 0.6) is 5.75 Å². The molecule has 8 nitrogen and oxygen atoms in total. The van der Waals surface area contributed by atoms with Crippen molar-refractivity contribution < 1.29 is 22.7 Å². The van der Waals surface area contributed by atoms with Crippen LogP contribution in [0.4, 0.5) is 11.4 Å². The first kappa shape index (κ1) is 26.6. The Kier molecular flexibility index (Phi) is 7.06. The molecule has 40 heavy (non-hydrogen) atoms. The van der Waals surface area contributed by atoms with Gasteiger partial charge in [0, 0.05) is 28.9 Å². The van der Waals surface area contributed by atoms with Crippen molar-refractivity contribution in [1.82, 2.24) is 4.98 Å². The normalized spacial score (nSPS) is 11.2. The Morgan fingerprint density at radius 1 is 0.925 bits per heavy atom. The maximum Gasteiger partial charge on any atom is 0.252 e. The van der Waals surface area contributed by atoms with Crippen molar-refractivity contribution in [2.24, 2.45) is 5.73 Å². The number of pyridine rings is 1. The summed E-state index contributed by atoms with van der Waals surface area (Å²) in [6.45, 7) is 1.76. The van der Waals surface area contributed by atoms with Crippen LogP contribution in [0, 0.1) is 6.92 Å². The van der Waals surface area contributed by atoms with E-state index in [4.69, 9.17) is 10.5 Å². The van der Waals surface area contributed by atoms with Crippen LogP contribution < -0.4 is 15.8 Å². The third-order valence-electron chi connectivity index (χ3n) is 6.57. The van der Waals surface area contributed by atoms with Crippen LogP contribution in [0.25, 0.3) is 22.0 Å². The molecule has 5 rings (SSSR count). The van der Waals surface area contributed by atoms with Crippen molar-refractivity contribution in [2.75, 3.05) is 12.4 Å². The summed E-state index contributed by atoms with van der Waals surface area (Å²) in [6, 6.07) is 23.7. The molecule has 0 bridgehead atoms. The number of ether oxygens (including phenoxy) is 1. The molecule has 0 aliphatic heterocycles. The van der Waals surface area contributed by atoms with Gasteiger partial charge in [0.25, 0.3) is 5.91 Å². The van der Waals surface area contributed by atoms with Gasteiger partial charge in [-0.05, 0) is 60.0 Å². The van der Waals surface area contributed by atoms with E-state index < -0.39 is 15.7 Å². The smallest absolute Gasteiger partial charge is 0.252 e. The van der Waals surface area contributed by atoms with Crippen LogP contribution in [0.3, 0.4) is 0 Å². The van der Waals surface area contributed by atoms with E-state index in [1.54, 1.807) is 86.8 Å². The minimum absolute atomic E-state index is 0.0445. The SMILES string of the molecule is COc1cccc(Nc2c(C(N)=O)cnc3c(C)cc(S(=O)(=O)c4cccc(-c5ccc(C=O)cc5)c4)cc23)c1. The fourth-order valence-corrected chi connectivity index (χ4v) is 5.92. The van der Waals surface area contributed by atoms with Crippen molar-refractivity contribution in [1.29, 1.82) is 0 Å². The molecular formula is C31H25N3O5S. The zero-order valence-corrected chi connectivity index (χ0v) is 22.5. The number of rotatable bonds is 8. The molecule has 5 aromatic rings. The van der Waals surface area contributed by atoms with E-state index in [2.05, 4.69) is 10.3 Å². The van der Waals surface area contributed by atoms with Crippen LogP contribution in [-0.4, -0.2) is 32.7 Å². The number of sulfone groups is 1. The maximum absolute atomic E-state index is 13.9. The van der Waals surface area contributed by atoms with Crippen LogP contribution in [0.2, 0.25) is 0 Å². The fourth-order valence-electron chi connectivity index (χ4n) is 4.50. The zero-order valence-electron chi connectivity index (χ0n) is 21.7. The lowest BCUT2D eigenvalue weighted by atomic mass is 10.0. The monoisotopic (exact) mass is 551 g/mol. The number of amides is 1. The summed E-state index contributed by atoms with van der Waals surface area (Å²) in [4.78, 5) is 27.9. The van der Waals surface area contributed by atoms with Crippen LogP contribution in [-0.2, 0) is 9.84 Å². The van der Waals surface area contributed by atoms with Gasteiger partial charge in [-0.2, -0.15) is 0 Å². The summed E-state index contributed by atoms with van der Waals surface area (Å²) in [6.07, 6.45) is 2.14. The molecule has 0 fully saturated rings. The summed E-state index contributed by atoms with van der Waals surface area (Å²) in [5, 5.41) is 3.65. The van der Waals surface area contributed by atoms with Gasteiger partial charge in [0.15, 0.2) is 0 Å². The van der Waals surface area contributed by atoms with E-state index in [1.165, 1.54) is 18.3 Å². The topological polar surface area (TPSA) is 128 Å². The van der Waals surface area contributed by atoms with Crippen molar-refractivity contribution in [3.8, 4) is 16.9 Å². The number of methoxy groups -OCH3 is 1. The number of nitrogens with zero attached hydrogens (tertiary/aromatic N) is 1. The van der Waals surface area contributed by atoms with Crippen LogP contribution >= 0.6 is 0 Å². The summed E-state index contributed by atoms with van der Waals surface area (Å²) in [7, 11) is -2.43. The number of nitrogens with two attached hydrogens (primary N) is 1. The van der Waals surface area contributed by atoms with Crippen molar-refractivity contribution in [3.05, 3.63) is 108 Å². The van der Waals surface area contributed by atoms with Gasteiger partial charge in [-0.3, -0.25) is 14.6 Å². The second-order valence-corrected chi connectivity index (χ2v) is 11.1. The largest absolute Gasteiger partial charge is 0.497 e. The molecule has 3 N–H and O–H groups in total. The summed E-state index contributed by atoms with van der Waals surface area (Å²) in [5.74, 6) is -0.108. The third-order valence-corrected chi connectivity index (χ3v) is 8.31. The van der Waals surface area contributed by atoms with Gasteiger partial charge in [0.1, 0.15) is 12.0 Å². The maximum atomic E-state index is 13.9. The predicted octanol–water partition coefficient (Wildman–Crippen LogP) is 5.71. The number of carbonyl (C=O) groups is 2. The molecule has 0 aliphatic carbocycles. The molecule has 1 amide bonds. The van der Waals surface area contributed by atoms with Gasteiger partial charge >= 0.3 is 0 Å². The quantitative estimate of drug-likeness (QED) is 0.237. The number of benzene rings is 4. The fraction of sp³-hybridized carbons (Fsp3) is 0.0645. The molecule has 0 spiro atoms. The second kappa shape index (κ2) is 10.6. The summed E-state index contributed by atoms with van der Waals surface area (Å²) >= 11 is 0. The lowest BCUT2D eigenvalue weighted by Gasteiger charge is -2.16. The summed E-state index contributed by atoms with van der Waals surface area (Å²) in [5.41, 5.74) is 9.89. The molecule has 0 saturated heterocycles. The highest BCUT2D eigenvalue weighted by Crippen LogP contribution is 2.35. The molecule has 1 heterocycles. The molecule has 9 heteroatoms. The molecule has 0 aliphatic rings. The molecule has 4 aromatic carbocycles. The lowest BCUT2D eigenvalue weighted by molar-refractivity contribution is 0.100. The van der Waals surface area contributed by atoms with Crippen LogP contribution in [0.1, 0.15) is 26.3 Å². The number of primary amides is 1. The molecule has 0 unspecified atom stereocenters. The van der Waals surface area contributed by atoms with Crippen molar-refractivity contribution in [2.45, 2.75) is 16.7 Å². The van der Waals surface area contributed by atoms with Gasteiger partial charge in [-0.25, -0.2) is 8.42 Å². The van der Waals surface area contributed by atoms with Gasteiger partial charge in [0.05, 0.1) is 33.7 Å². The van der Waals surface area contributed by atoms with Gasteiger partial charge in [0.2, 0.25) is 9.84 Å². The minimum atomic E-state index is -3.98. The molecular weight excluding hydrogens is 526 g/mol. The van der Waals surface area contributed by atoms with Crippen molar-refractivity contribution >= 4 is 44.3 Å². The molecule has 200 valence electrons. The van der Waals surface area contributed by atoms with E-state index in [1.807, 2.05) is 0 Å². The number of aldehydes is 1. The number of anilines is 2. The highest BCUT2D eigenvalue weighted by atomic mass is 32.2.